The fourth-order valence-electron chi connectivity index (χ4n) is 4.55. The van der Waals surface area contributed by atoms with E-state index in [0.29, 0.717) is 6.54 Å². The predicted molar refractivity (Wildman–Crippen MR) is 108 cm³/mol. The Morgan fingerprint density at radius 3 is 2.29 bits per heavy atom. The number of carbonyl (C=O) groups is 2. The second kappa shape index (κ2) is 8.10. The summed E-state index contributed by atoms with van der Waals surface area (Å²) in [5.74, 6) is -0.554. The number of aromatic nitrogens is 1. The molecule has 2 amide bonds. The average molecular weight is 386 g/mol. The zero-order valence-electron chi connectivity index (χ0n) is 16.8. The number of pyridine rings is 1. The second-order valence-corrected chi connectivity index (χ2v) is 8.74. The highest BCUT2D eigenvalue weighted by Crippen LogP contribution is 2.28. The van der Waals surface area contributed by atoms with Gasteiger partial charge in [0.05, 0.1) is 0 Å². The maximum atomic E-state index is 13.3. The molecule has 1 unspecified atom stereocenters. The summed E-state index contributed by atoms with van der Waals surface area (Å²) in [7, 11) is 0. The predicted octanol–water partition coefficient (Wildman–Crippen LogP) is 3.26. The number of nitrogens with one attached hydrogen (secondary N) is 1. The fraction of sp³-hybridized carbons (Fsp3) is 0.682. The van der Waals surface area contributed by atoms with Gasteiger partial charge in [-0.25, -0.2) is 0 Å². The highest BCUT2D eigenvalue weighted by atomic mass is 16.2. The number of nitrogens with zero attached hydrogens (tertiary/aromatic N) is 2. The van der Waals surface area contributed by atoms with Crippen molar-refractivity contribution in [2.75, 3.05) is 6.54 Å². The van der Waals surface area contributed by atoms with Gasteiger partial charge < -0.3 is 14.8 Å². The van der Waals surface area contributed by atoms with Crippen LogP contribution in [0.15, 0.2) is 17.2 Å². The maximum absolute atomic E-state index is 13.3. The summed E-state index contributed by atoms with van der Waals surface area (Å²) in [6, 6.07) is 0.566. The molecule has 2 heterocycles. The molecule has 0 spiro atoms. The van der Waals surface area contributed by atoms with E-state index in [-0.39, 0.29) is 41.1 Å². The topological polar surface area (TPSA) is 71.4 Å². The molecule has 0 bridgehead atoms. The summed E-state index contributed by atoms with van der Waals surface area (Å²) in [5.41, 5.74) is -0.149. The zero-order chi connectivity index (χ0) is 19.7. The number of hydrogen-bond acceptors (Lipinski definition) is 3. The van der Waals surface area contributed by atoms with Crippen molar-refractivity contribution >= 4 is 11.8 Å². The molecule has 4 rings (SSSR count). The minimum Gasteiger partial charge on any atom is -0.349 e. The molecule has 3 fully saturated rings. The van der Waals surface area contributed by atoms with Crippen LogP contribution in [0.5, 0.6) is 0 Å². The Labute approximate surface area is 166 Å². The van der Waals surface area contributed by atoms with Crippen LogP contribution in [0, 0.1) is 0 Å². The molecule has 1 aromatic heterocycles. The Bertz CT molecular complexity index is 806. The van der Waals surface area contributed by atoms with E-state index in [0.717, 1.165) is 57.8 Å². The molecule has 0 radical (unpaired) electrons. The number of carbonyl (C=O) groups excluding carboxylic acids is 2. The molecule has 1 atom stereocenters. The first-order valence-corrected chi connectivity index (χ1v) is 10.9. The van der Waals surface area contributed by atoms with E-state index in [2.05, 4.69) is 5.32 Å². The van der Waals surface area contributed by atoms with Gasteiger partial charge in [0.2, 0.25) is 5.43 Å². The van der Waals surface area contributed by atoms with Gasteiger partial charge in [-0.2, -0.15) is 0 Å². The summed E-state index contributed by atoms with van der Waals surface area (Å²) in [6.45, 7) is 2.72. The molecule has 3 aliphatic rings. The Morgan fingerprint density at radius 2 is 1.61 bits per heavy atom. The Balaban J connectivity index is 1.71. The maximum Gasteiger partial charge on any atom is 0.259 e. The third kappa shape index (κ3) is 4.01. The monoisotopic (exact) mass is 385 g/mol. The van der Waals surface area contributed by atoms with Gasteiger partial charge in [0.25, 0.3) is 11.8 Å². The van der Waals surface area contributed by atoms with Crippen LogP contribution in [0.2, 0.25) is 0 Å². The van der Waals surface area contributed by atoms with E-state index in [1.165, 1.54) is 6.42 Å². The third-order valence-electron chi connectivity index (χ3n) is 6.49. The van der Waals surface area contributed by atoms with E-state index in [9.17, 15) is 14.4 Å². The quantitative estimate of drug-likeness (QED) is 0.865. The zero-order valence-corrected chi connectivity index (χ0v) is 16.8. The molecule has 0 aromatic carbocycles. The van der Waals surface area contributed by atoms with Gasteiger partial charge in [0.1, 0.15) is 11.1 Å². The molecular weight excluding hydrogens is 354 g/mol. The lowest BCUT2D eigenvalue weighted by molar-refractivity contribution is 0.0633. The van der Waals surface area contributed by atoms with Crippen molar-refractivity contribution in [1.29, 1.82) is 0 Å². The van der Waals surface area contributed by atoms with Crippen molar-refractivity contribution in [2.24, 2.45) is 0 Å². The summed E-state index contributed by atoms with van der Waals surface area (Å²) in [4.78, 5) is 40.9. The van der Waals surface area contributed by atoms with E-state index in [1.807, 2.05) is 16.4 Å². The fourth-order valence-corrected chi connectivity index (χ4v) is 4.55. The van der Waals surface area contributed by atoms with Crippen molar-refractivity contribution in [3.63, 3.8) is 0 Å². The third-order valence-corrected chi connectivity index (χ3v) is 6.49. The average Bonchev–Trinajstić information content (AvgIpc) is 3.52. The summed E-state index contributed by atoms with van der Waals surface area (Å²) >= 11 is 0. The molecule has 1 saturated heterocycles. The van der Waals surface area contributed by atoms with Crippen molar-refractivity contribution in [3.8, 4) is 0 Å². The molecule has 2 saturated carbocycles. The summed E-state index contributed by atoms with van der Waals surface area (Å²) in [6.07, 6.45) is 13.9. The number of likely N-dealkylation sites (tertiary alicyclic amines) is 1. The molecule has 1 aliphatic heterocycles. The van der Waals surface area contributed by atoms with E-state index in [4.69, 9.17) is 0 Å². The number of hydrogen-bond donors (Lipinski definition) is 1. The highest BCUT2D eigenvalue weighted by Gasteiger charge is 2.30. The molecule has 28 heavy (non-hydrogen) atoms. The summed E-state index contributed by atoms with van der Waals surface area (Å²) < 4.78 is 1.98. The van der Waals surface area contributed by atoms with E-state index < -0.39 is 5.43 Å². The Morgan fingerprint density at radius 1 is 0.929 bits per heavy atom. The van der Waals surface area contributed by atoms with Gasteiger partial charge in [-0.05, 0) is 51.9 Å². The molecule has 1 N–H and O–H groups in total. The van der Waals surface area contributed by atoms with Crippen LogP contribution < -0.4 is 10.7 Å². The smallest absolute Gasteiger partial charge is 0.259 e. The Kier molecular flexibility index (Phi) is 5.56. The first kappa shape index (κ1) is 19.2. The Hall–Kier alpha value is -2.11. The van der Waals surface area contributed by atoms with Crippen LogP contribution in [-0.4, -0.2) is 39.9 Å². The largest absolute Gasteiger partial charge is 0.349 e. The van der Waals surface area contributed by atoms with Crippen LogP contribution in [0.1, 0.15) is 97.9 Å². The van der Waals surface area contributed by atoms with E-state index in [1.54, 1.807) is 12.4 Å². The van der Waals surface area contributed by atoms with Crippen molar-refractivity contribution in [2.45, 2.75) is 89.3 Å². The van der Waals surface area contributed by atoms with Gasteiger partial charge in [0, 0.05) is 37.1 Å². The van der Waals surface area contributed by atoms with Gasteiger partial charge >= 0.3 is 0 Å². The van der Waals surface area contributed by atoms with Gasteiger partial charge in [-0.1, -0.05) is 19.3 Å². The lowest BCUT2D eigenvalue weighted by atomic mass is 9.94. The molecular formula is C22H31N3O3. The van der Waals surface area contributed by atoms with Gasteiger partial charge in [-0.15, -0.1) is 0 Å². The van der Waals surface area contributed by atoms with Crippen molar-refractivity contribution in [3.05, 3.63) is 33.7 Å². The first-order valence-electron chi connectivity index (χ1n) is 10.9. The molecule has 2 aliphatic carbocycles. The number of piperidine rings is 1. The minimum atomic E-state index is -0.423. The van der Waals surface area contributed by atoms with Crippen LogP contribution in [-0.2, 0) is 0 Å². The van der Waals surface area contributed by atoms with Crippen molar-refractivity contribution < 1.29 is 9.59 Å². The van der Waals surface area contributed by atoms with Gasteiger partial charge in [-0.3, -0.25) is 14.4 Å². The van der Waals surface area contributed by atoms with Crippen LogP contribution in [0.4, 0.5) is 0 Å². The first-order chi connectivity index (χ1) is 13.5. The molecule has 1 aromatic rings. The molecule has 152 valence electrons. The van der Waals surface area contributed by atoms with Gasteiger partial charge in [0.15, 0.2) is 0 Å². The highest BCUT2D eigenvalue weighted by molar-refractivity contribution is 5.99. The van der Waals surface area contributed by atoms with Crippen LogP contribution >= 0.6 is 0 Å². The lowest BCUT2D eigenvalue weighted by Gasteiger charge is -2.33. The van der Waals surface area contributed by atoms with E-state index >= 15 is 0 Å². The standard InChI is InChI=1S/C22H31N3O3/c1-15-7-5-6-12-25(15)22(28)19-14-24(17-8-3-2-4-9-17)13-18(20(19)26)21(27)23-16-10-11-16/h13-17H,2-12H2,1H3,(H,23,27). The number of rotatable bonds is 4. The lowest BCUT2D eigenvalue weighted by Crippen LogP contribution is -2.44. The molecule has 6 heteroatoms. The molecule has 6 nitrogen and oxygen atoms in total. The number of amides is 2. The summed E-state index contributed by atoms with van der Waals surface area (Å²) in [5, 5.41) is 2.92. The SMILES string of the molecule is CC1CCCCN1C(=O)c1cn(C2CCCCC2)cc(C(=O)NC2CC2)c1=O. The normalized spacial score (nSPS) is 23.5. The van der Waals surface area contributed by atoms with Crippen LogP contribution in [0.25, 0.3) is 0 Å². The van der Waals surface area contributed by atoms with Crippen LogP contribution in [0.3, 0.4) is 0 Å². The second-order valence-electron chi connectivity index (χ2n) is 8.74. The minimum absolute atomic E-state index is 0.119. The van der Waals surface area contributed by atoms with Crippen molar-refractivity contribution in [1.82, 2.24) is 14.8 Å².